The highest BCUT2D eigenvalue weighted by Gasteiger charge is 2.25. The number of hydrogen-bond acceptors (Lipinski definition) is 4. The minimum absolute atomic E-state index is 0.00815. The van der Waals surface area contributed by atoms with Gasteiger partial charge in [-0.3, -0.25) is 4.79 Å². The standard InChI is InChI=1S/C18H21BFNO4/c1-13-6-5-9-15(18(13)20)25-11-10-17(22)21-16(19(23)24)12-14-7-3-2-4-8-14/h2-9,16,23-24H,10-12H2,1H3,(H,21,22)/t16-/m0/s1. The fourth-order valence-electron chi connectivity index (χ4n) is 2.36. The van der Waals surface area contributed by atoms with Crippen molar-refractivity contribution in [3.63, 3.8) is 0 Å². The molecule has 2 aromatic carbocycles. The molecule has 0 bridgehead atoms. The maximum Gasteiger partial charge on any atom is 0.475 e. The summed E-state index contributed by atoms with van der Waals surface area (Å²) in [6.07, 6.45) is 0.267. The molecule has 0 heterocycles. The van der Waals surface area contributed by atoms with Crippen molar-refractivity contribution in [2.45, 2.75) is 25.7 Å². The molecule has 5 nitrogen and oxygen atoms in total. The van der Waals surface area contributed by atoms with Crippen LogP contribution in [0.5, 0.6) is 5.75 Å². The van der Waals surface area contributed by atoms with E-state index in [4.69, 9.17) is 4.74 Å². The zero-order valence-corrected chi connectivity index (χ0v) is 14.0. The van der Waals surface area contributed by atoms with E-state index in [0.717, 1.165) is 5.56 Å². The molecule has 0 aliphatic rings. The predicted octanol–water partition coefficient (Wildman–Crippen LogP) is 1.64. The van der Waals surface area contributed by atoms with Crippen LogP contribution in [0.25, 0.3) is 0 Å². The molecule has 0 saturated heterocycles. The quantitative estimate of drug-likeness (QED) is 0.636. The van der Waals surface area contributed by atoms with Crippen LogP contribution >= 0.6 is 0 Å². The average molecular weight is 345 g/mol. The Balaban J connectivity index is 1.84. The van der Waals surface area contributed by atoms with Gasteiger partial charge >= 0.3 is 7.12 Å². The summed E-state index contributed by atoms with van der Waals surface area (Å²) in [6, 6.07) is 14.0. The fourth-order valence-corrected chi connectivity index (χ4v) is 2.36. The summed E-state index contributed by atoms with van der Waals surface area (Å²) in [5, 5.41) is 21.5. The molecule has 0 saturated carbocycles. The van der Waals surface area contributed by atoms with Crippen LogP contribution in [0, 0.1) is 12.7 Å². The van der Waals surface area contributed by atoms with Gasteiger partial charge in [-0.1, -0.05) is 42.5 Å². The first kappa shape index (κ1) is 19.0. The average Bonchev–Trinajstić information content (AvgIpc) is 2.59. The van der Waals surface area contributed by atoms with Crippen molar-refractivity contribution >= 4 is 13.0 Å². The molecule has 0 aliphatic carbocycles. The number of aryl methyl sites for hydroxylation is 1. The Bertz CT molecular complexity index is 697. The van der Waals surface area contributed by atoms with E-state index in [1.165, 1.54) is 6.07 Å². The minimum Gasteiger partial charge on any atom is -0.490 e. The lowest BCUT2D eigenvalue weighted by atomic mass is 9.76. The molecule has 25 heavy (non-hydrogen) atoms. The van der Waals surface area contributed by atoms with Gasteiger partial charge in [0.2, 0.25) is 5.91 Å². The van der Waals surface area contributed by atoms with E-state index in [1.807, 2.05) is 30.3 Å². The van der Waals surface area contributed by atoms with E-state index in [1.54, 1.807) is 19.1 Å². The van der Waals surface area contributed by atoms with Gasteiger partial charge in [-0.25, -0.2) is 4.39 Å². The molecular weight excluding hydrogens is 324 g/mol. The number of hydrogen-bond donors (Lipinski definition) is 3. The maximum atomic E-state index is 13.8. The van der Waals surface area contributed by atoms with Gasteiger partial charge < -0.3 is 20.1 Å². The number of nitrogens with one attached hydrogen (secondary N) is 1. The third-order valence-electron chi connectivity index (χ3n) is 3.75. The monoisotopic (exact) mass is 345 g/mol. The number of amides is 1. The molecule has 0 unspecified atom stereocenters. The summed E-state index contributed by atoms with van der Waals surface area (Å²) in [5.41, 5.74) is 1.34. The summed E-state index contributed by atoms with van der Waals surface area (Å²) in [4.78, 5) is 12.0. The molecule has 1 atom stereocenters. The Hall–Kier alpha value is -2.38. The SMILES string of the molecule is Cc1cccc(OCCC(=O)N[C@@H](Cc2ccccc2)B(O)O)c1F. The number of rotatable bonds is 8. The van der Waals surface area contributed by atoms with Crippen LogP contribution in [0.1, 0.15) is 17.5 Å². The number of carbonyl (C=O) groups excluding carboxylic acids is 1. The van der Waals surface area contributed by atoms with Crippen molar-refractivity contribution in [3.8, 4) is 5.75 Å². The topological polar surface area (TPSA) is 78.8 Å². The summed E-state index contributed by atoms with van der Waals surface area (Å²) in [6.45, 7) is 1.62. The summed E-state index contributed by atoms with van der Waals surface area (Å²) in [7, 11) is -1.68. The highest BCUT2D eigenvalue weighted by molar-refractivity contribution is 6.43. The van der Waals surface area contributed by atoms with Gasteiger partial charge in [0.1, 0.15) is 0 Å². The molecule has 2 aromatic rings. The van der Waals surface area contributed by atoms with E-state index in [0.29, 0.717) is 5.56 Å². The Labute approximate surface area is 146 Å². The van der Waals surface area contributed by atoms with Crippen LogP contribution < -0.4 is 10.1 Å². The molecule has 0 spiro atoms. The van der Waals surface area contributed by atoms with Gasteiger partial charge in [0, 0.05) is 0 Å². The molecule has 0 aromatic heterocycles. The zero-order chi connectivity index (χ0) is 18.2. The molecule has 0 fully saturated rings. The molecule has 0 aliphatic heterocycles. The normalized spacial score (nSPS) is 11.7. The van der Waals surface area contributed by atoms with E-state index in [2.05, 4.69) is 5.32 Å². The van der Waals surface area contributed by atoms with E-state index >= 15 is 0 Å². The first-order valence-electron chi connectivity index (χ1n) is 8.04. The lowest BCUT2D eigenvalue weighted by Gasteiger charge is -2.18. The minimum atomic E-state index is -1.68. The lowest BCUT2D eigenvalue weighted by Crippen LogP contribution is -2.48. The molecule has 2 rings (SSSR count). The highest BCUT2D eigenvalue weighted by atomic mass is 19.1. The van der Waals surface area contributed by atoms with Crippen LogP contribution in [-0.2, 0) is 11.2 Å². The number of benzene rings is 2. The predicted molar refractivity (Wildman–Crippen MR) is 93.5 cm³/mol. The van der Waals surface area contributed by atoms with Gasteiger partial charge in [0.05, 0.1) is 19.0 Å². The van der Waals surface area contributed by atoms with E-state index in [-0.39, 0.29) is 25.2 Å². The summed E-state index contributed by atoms with van der Waals surface area (Å²) >= 11 is 0. The second-order valence-electron chi connectivity index (χ2n) is 5.76. The number of halogens is 1. The van der Waals surface area contributed by atoms with E-state index < -0.39 is 24.8 Å². The second-order valence-corrected chi connectivity index (χ2v) is 5.76. The van der Waals surface area contributed by atoms with Gasteiger partial charge in [-0.05, 0) is 30.5 Å². The zero-order valence-electron chi connectivity index (χ0n) is 14.0. The first-order chi connectivity index (χ1) is 12.0. The van der Waals surface area contributed by atoms with Gasteiger partial charge in [0.15, 0.2) is 11.6 Å². The molecule has 132 valence electrons. The molecular formula is C18H21BFNO4. The van der Waals surface area contributed by atoms with Crippen LogP contribution in [0.2, 0.25) is 0 Å². The Morgan fingerprint density at radius 1 is 1.20 bits per heavy atom. The molecule has 3 N–H and O–H groups in total. The highest BCUT2D eigenvalue weighted by Crippen LogP contribution is 2.19. The third kappa shape index (κ3) is 5.88. The second kappa shape index (κ2) is 9.20. The third-order valence-corrected chi connectivity index (χ3v) is 3.75. The van der Waals surface area contributed by atoms with Crippen LogP contribution in [0.4, 0.5) is 4.39 Å². The molecule has 0 radical (unpaired) electrons. The smallest absolute Gasteiger partial charge is 0.475 e. The maximum absolute atomic E-state index is 13.8. The summed E-state index contributed by atoms with van der Waals surface area (Å²) in [5.74, 6) is -1.58. The Morgan fingerprint density at radius 3 is 2.60 bits per heavy atom. The molecule has 7 heteroatoms. The van der Waals surface area contributed by atoms with Gasteiger partial charge in [0.25, 0.3) is 0 Å². The van der Waals surface area contributed by atoms with Crippen LogP contribution in [0.3, 0.4) is 0 Å². The van der Waals surface area contributed by atoms with Crippen molar-refractivity contribution in [2.24, 2.45) is 0 Å². The van der Waals surface area contributed by atoms with Crippen molar-refractivity contribution < 1.29 is 24.0 Å². The summed E-state index contributed by atoms with van der Waals surface area (Å²) < 4.78 is 19.1. The fraction of sp³-hybridized carbons (Fsp3) is 0.278. The number of ether oxygens (including phenoxy) is 1. The van der Waals surface area contributed by atoms with E-state index in [9.17, 15) is 19.2 Å². The largest absolute Gasteiger partial charge is 0.490 e. The Kier molecular flexibility index (Phi) is 6.97. The van der Waals surface area contributed by atoms with Crippen LogP contribution in [-0.4, -0.2) is 35.6 Å². The van der Waals surface area contributed by atoms with Crippen molar-refractivity contribution in [1.82, 2.24) is 5.32 Å². The first-order valence-corrected chi connectivity index (χ1v) is 8.04. The van der Waals surface area contributed by atoms with Crippen LogP contribution in [0.15, 0.2) is 48.5 Å². The molecule has 1 amide bonds. The Morgan fingerprint density at radius 2 is 1.92 bits per heavy atom. The van der Waals surface area contributed by atoms with Crippen molar-refractivity contribution in [1.29, 1.82) is 0 Å². The van der Waals surface area contributed by atoms with Crippen molar-refractivity contribution in [2.75, 3.05) is 6.61 Å². The lowest BCUT2D eigenvalue weighted by molar-refractivity contribution is -0.122. The number of carbonyl (C=O) groups is 1. The van der Waals surface area contributed by atoms with Crippen molar-refractivity contribution in [3.05, 3.63) is 65.5 Å². The van der Waals surface area contributed by atoms with Gasteiger partial charge in [-0.15, -0.1) is 0 Å². The van der Waals surface area contributed by atoms with Gasteiger partial charge in [-0.2, -0.15) is 0 Å².